The van der Waals surface area contributed by atoms with Gasteiger partial charge in [0.05, 0.1) is 28.7 Å². The number of hydrogen-bond donors (Lipinski definition) is 1. The van der Waals surface area contributed by atoms with Crippen LogP contribution >= 0.6 is 11.8 Å². The van der Waals surface area contributed by atoms with Crippen LogP contribution in [0.5, 0.6) is 5.75 Å². The number of nitrogens with one attached hydrogen (secondary N) is 1. The van der Waals surface area contributed by atoms with Gasteiger partial charge < -0.3 is 14.6 Å². The topological polar surface area (TPSA) is 124 Å². The minimum Gasteiger partial charge on any atom is -0.494 e. The highest BCUT2D eigenvalue weighted by Crippen LogP contribution is 2.35. The zero-order valence-electron chi connectivity index (χ0n) is 20.0. The number of amides is 3. The van der Waals surface area contributed by atoms with Crippen molar-refractivity contribution in [1.82, 2.24) is 9.47 Å². The summed E-state index contributed by atoms with van der Waals surface area (Å²) in [5, 5.41) is 13.0. The van der Waals surface area contributed by atoms with Gasteiger partial charge in [-0.1, -0.05) is 6.07 Å². The molecule has 0 saturated carbocycles. The lowest BCUT2D eigenvalue weighted by Gasteiger charge is -2.14. The summed E-state index contributed by atoms with van der Waals surface area (Å²) >= 11 is 0.709. The van der Waals surface area contributed by atoms with Gasteiger partial charge in [0.2, 0.25) is 5.91 Å². The summed E-state index contributed by atoms with van der Waals surface area (Å²) < 4.78 is 20.5. The maximum Gasteiger partial charge on any atom is 0.294 e. The second-order valence-electron chi connectivity index (χ2n) is 8.10. The van der Waals surface area contributed by atoms with Crippen molar-refractivity contribution < 1.29 is 28.4 Å². The van der Waals surface area contributed by atoms with Crippen molar-refractivity contribution in [3.63, 3.8) is 0 Å². The van der Waals surface area contributed by atoms with E-state index in [4.69, 9.17) is 4.74 Å². The monoisotopic (exact) mass is 524 g/mol. The molecule has 12 heteroatoms. The summed E-state index contributed by atoms with van der Waals surface area (Å²) in [5.41, 5.74) is 2.79. The molecule has 1 aromatic heterocycles. The van der Waals surface area contributed by atoms with Gasteiger partial charge >= 0.3 is 0 Å². The van der Waals surface area contributed by atoms with E-state index in [-0.39, 0.29) is 16.3 Å². The van der Waals surface area contributed by atoms with Gasteiger partial charge in [-0.2, -0.15) is 0 Å². The van der Waals surface area contributed by atoms with Gasteiger partial charge in [0, 0.05) is 23.1 Å². The molecular weight excluding hydrogens is 503 g/mol. The third-order valence-corrected chi connectivity index (χ3v) is 6.56. The van der Waals surface area contributed by atoms with Gasteiger partial charge in [0.25, 0.3) is 16.8 Å². The lowest BCUT2D eigenvalue weighted by molar-refractivity contribution is -0.384. The van der Waals surface area contributed by atoms with Gasteiger partial charge in [0.15, 0.2) is 0 Å². The fourth-order valence-electron chi connectivity index (χ4n) is 3.96. The van der Waals surface area contributed by atoms with E-state index in [1.807, 2.05) is 11.5 Å². The number of thioether (sulfide) groups is 1. The van der Waals surface area contributed by atoms with Crippen molar-refractivity contribution in [2.24, 2.45) is 0 Å². The molecule has 4 rings (SSSR count). The van der Waals surface area contributed by atoms with Crippen molar-refractivity contribution in [1.29, 1.82) is 0 Å². The summed E-state index contributed by atoms with van der Waals surface area (Å²) in [6.07, 6.45) is 1.56. The number of imide groups is 1. The number of carbonyl (C=O) groups excluding carboxylic acids is 3. The number of nitro groups is 1. The predicted molar refractivity (Wildman–Crippen MR) is 136 cm³/mol. The number of nitrogens with zero attached hydrogens (tertiary/aromatic N) is 3. The molecule has 0 unspecified atom stereocenters. The lowest BCUT2D eigenvalue weighted by Crippen LogP contribution is -2.36. The van der Waals surface area contributed by atoms with Crippen LogP contribution in [0.3, 0.4) is 0 Å². The molecule has 0 atom stereocenters. The SMILES string of the molecule is COc1cc([N+](=O)[O-])ccc1-n1c(C)cc(/C=C2/SC(=O)N(CC(=O)Nc3cccc(F)c3)C2=O)c1C. The molecule has 3 aromatic rings. The number of aryl methyl sites for hydroxylation is 1. The van der Waals surface area contributed by atoms with Crippen LogP contribution in [-0.2, 0) is 9.59 Å². The zero-order valence-corrected chi connectivity index (χ0v) is 20.8. The molecule has 2 aromatic carbocycles. The number of ether oxygens (including phenoxy) is 1. The standard InChI is InChI=1S/C25H21FN4O6S/c1-14-9-16(15(2)29(14)20-8-7-19(30(34)35)12-21(20)36-3)10-22-24(32)28(25(33)37-22)13-23(31)27-18-6-4-5-17(26)11-18/h4-12H,13H2,1-3H3,(H,27,31)/b22-10+. The van der Waals surface area contributed by atoms with Gasteiger partial charge in [-0.05, 0) is 67.6 Å². The molecular formula is C25H21FN4O6S. The molecule has 37 heavy (non-hydrogen) atoms. The Morgan fingerprint density at radius 3 is 2.62 bits per heavy atom. The summed E-state index contributed by atoms with van der Waals surface area (Å²) in [7, 11) is 1.41. The largest absolute Gasteiger partial charge is 0.494 e. The first-order valence-electron chi connectivity index (χ1n) is 10.9. The molecule has 1 aliphatic heterocycles. The summed E-state index contributed by atoms with van der Waals surface area (Å²) in [6, 6.07) is 11.4. The summed E-state index contributed by atoms with van der Waals surface area (Å²) in [5.74, 6) is -1.50. The minimum atomic E-state index is -0.641. The highest BCUT2D eigenvalue weighted by Gasteiger charge is 2.36. The van der Waals surface area contributed by atoms with Crippen LogP contribution in [0.15, 0.2) is 53.4 Å². The molecule has 1 N–H and O–H groups in total. The van der Waals surface area contributed by atoms with Gasteiger partial charge in [-0.15, -0.1) is 0 Å². The Morgan fingerprint density at radius 2 is 1.95 bits per heavy atom. The van der Waals surface area contributed by atoms with Gasteiger partial charge in [0.1, 0.15) is 18.1 Å². The van der Waals surface area contributed by atoms with E-state index in [0.717, 1.165) is 16.7 Å². The number of rotatable bonds is 7. The zero-order chi connectivity index (χ0) is 26.9. The van der Waals surface area contributed by atoms with Crippen LogP contribution < -0.4 is 10.1 Å². The number of methoxy groups -OCH3 is 1. The van der Waals surface area contributed by atoms with Crippen molar-refractivity contribution in [2.75, 3.05) is 19.0 Å². The van der Waals surface area contributed by atoms with E-state index < -0.39 is 34.3 Å². The molecule has 1 fully saturated rings. The van der Waals surface area contributed by atoms with Crippen molar-refractivity contribution in [3.8, 4) is 11.4 Å². The fourth-order valence-corrected chi connectivity index (χ4v) is 4.79. The molecule has 0 aliphatic carbocycles. The Balaban J connectivity index is 1.57. The Bertz CT molecular complexity index is 1480. The van der Waals surface area contributed by atoms with Crippen LogP contribution in [0.1, 0.15) is 17.0 Å². The second kappa shape index (κ2) is 10.3. The number of hydrogen-bond acceptors (Lipinski definition) is 7. The molecule has 190 valence electrons. The normalized spacial score (nSPS) is 14.4. The Morgan fingerprint density at radius 1 is 1.19 bits per heavy atom. The van der Waals surface area contributed by atoms with Gasteiger partial charge in [-0.25, -0.2) is 4.39 Å². The highest BCUT2D eigenvalue weighted by atomic mass is 32.2. The Kier molecular flexibility index (Phi) is 7.11. The summed E-state index contributed by atoms with van der Waals surface area (Å²) in [4.78, 5) is 49.3. The molecule has 0 radical (unpaired) electrons. The highest BCUT2D eigenvalue weighted by molar-refractivity contribution is 8.18. The van der Waals surface area contributed by atoms with Crippen molar-refractivity contribution in [3.05, 3.63) is 86.3 Å². The first kappa shape index (κ1) is 25.6. The quantitative estimate of drug-likeness (QED) is 0.267. The number of carbonyl (C=O) groups is 3. The smallest absolute Gasteiger partial charge is 0.294 e. The first-order valence-corrected chi connectivity index (χ1v) is 11.7. The minimum absolute atomic E-state index is 0.113. The van der Waals surface area contributed by atoms with Crippen molar-refractivity contribution in [2.45, 2.75) is 13.8 Å². The first-order chi connectivity index (χ1) is 17.6. The maximum absolute atomic E-state index is 13.4. The number of non-ortho nitro benzene ring substituents is 1. The van der Waals surface area contributed by atoms with Gasteiger partial charge in [-0.3, -0.25) is 29.4 Å². The number of aromatic nitrogens is 1. The lowest BCUT2D eigenvalue weighted by atomic mass is 10.2. The fraction of sp³-hybridized carbons (Fsp3) is 0.160. The molecule has 1 saturated heterocycles. The average molecular weight is 525 g/mol. The van der Waals surface area contributed by atoms with Crippen LogP contribution in [0, 0.1) is 29.8 Å². The Labute approximate surface area is 214 Å². The van der Waals surface area contributed by atoms with Crippen molar-refractivity contribution >= 4 is 46.3 Å². The van der Waals surface area contributed by atoms with E-state index in [0.29, 0.717) is 34.5 Å². The number of nitro benzene ring substituents is 1. The third kappa shape index (κ3) is 5.23. The third-order valence-electron chi connectivity index (χ3n) is 5.66. The molecule has 1 aliphatic rings. The maximum atomic E-state index is 13.4. The summed E-state index contributed by atoms with van der Waals surface area (Å²) in [6.45, 7) is 3.11. The molecule has 2 heterocycles. The van der Waals surface area contributed by atoms with E-state index in [1.165, 1.54) is 37.4 Å². The average Bonchev–Trinajstić information content (AvgIpc) is 3.27. The second-order valence-corrected chi connectivity index (χ2v) is 9.09. The number of halogens is 1. The molecule has 0 spiro atoms. The van der Waals surface area contributed by atoms with E-state index in [2.05, 4.69) is 5.32 Å². The van der Waals surface area contributed by atoms with E-state index in [1.54, 1.807) is 25.1 Å². The van der Waals surface area contributed by atoms with Crippen LogP contribution in [0.4, 0.5) is 20.6 Å². The molecule has 10 nitrogen and oxygen atoms in total. The number of anilines is 1. The van der Waals surface area contributed by atoms with E-state index in [9.17, 15) is 28.9 Å². The Hall–Kier alpha value is -4.45. The van der Waals surface area contributed by atoms with Crippen LogP contribution in [0.25, 0.3) is 11.8 Å². The molecule has 3 amide bonds. The van der Waals surface area contributed by atoms with E-state index >= 15 is 0 Å². The molecule has 0 bridgehead atoms. The van der Waals surface area contributed by atoms with Crippen LogP contribution in [-0.4, -0.2) is 45.1 Å². The number of benzene rings is 2. The predicted octanol–water partition coefficient (Wildman–Crippen LogP) is 4.83. The van der Waals surface area contributed by atoms with Crippen LogP contribution in [0.2, 0.25) is 0 Å².